The first-order valence-corrected chi connectivity index (χ1v) is 12.0. The second kappa shape index (κ2) is 9.38. The summed E-state index contributed by atoms with van der Waals surface area (Å²) in [4.78, 5) is 16.4. The molecular weight excluding hydrogens is 487 g/mol. The molecule has 2 heterocycles. The molecule has 5 rings (SSSR count). The molecule has 4 nitrogen and oxygen atoms in total. The van der Waals surface area contributed by atoms with Gasteiger partial charge < -0.3 is 9.13 Å². The Balaban J connectivity index is 1.72. The molecule has 0 aliphatic heterocycles. The summed E-state index contributed by atoms with van der Waals surface area (Å²) in [6, 6.07) is 21.8. The average Bonchev–Trinajstić information content (AvgIpc) is 3.25. The highest BCUT2D eigenvalue weighted by Crippen LogP contribution is 2.38. The first-order chi connectivity index (χ1) is 18.1. The number of hydrogen-bond acceptors (Lipinski definition) is 1. The lowest BCUT2D eigenvalue weighted by Gasteiger charge is -2.19. The highest BCUT2D eigenvalue weighted by atomic mass is 19.4. The summed E-state index contributed by atoms with van der Waals surface area (Å²) in [7, 11) is 1.96. The van der Waals surface area contributed by atoms with Crippen LogP contribution in [0.25, 0.3) is 38.1 Å². The Morgan fingerprint density at radius 2 is 1.63 bits per heavy atom. The monoisotopic (exact) mass is 511 g/mol. The van der Waals surface area contributed by atoms with Crippen LogP contribution < -0.4 is 5.56 Å². The Morgan fingerprint density at radius 1 is 0.895 bits per heavy atom. The van der Waals surface area contributed by atoms with Crippen molar-refractivity contribution in [3.63, 3.8) is 0 Å². The van der Waals surface area contributed by atoms with Crippen LogP contribution in [-0.2, 0) is 19.8 Å². The molecule has 7 heteroatoms. The Labute approximate surface area is 218 Å². The van der Waals surface area contributed by atoms with Gasteiger partial charge in [-0.15, -0.1) is 0 Å². The van der Waals surface area contributed by atoms with Crippen LogP contribution in [0.2, 0.25) is 0 Å². The van der Waals surface area contributed by atoms with Gasteiger partial charge in [-0.3, -0.25) is 4.79 Å². The van der Waals surface area contributed by atoms with E-state index in [-0.39, 0.29) is 12.2 Å². The van der Waals surface area contributed by atoms with E-state index in [9.17, 15) is 18.0 Å². The van der Waals surface area contributed by atoms with Crippen molar-refractivity contribution in [1.29, 1.82) is 0 Å². The second-order valence-electron chi connectivity index (χ2n) is 9.50. The Kier molecular flexibility index (Phi) is 6.20. The smallest absolute Gasteiger partial charge is 0.351 e. The van der Waals surface area contributed by atoms with Gasteiger partial charge in [-0.05, 0) is 72.0 Å². The molecule has 0 fully saturated rings. The standard InChI is InChI=1S/C31H24F3N3O/c1-19-8-9-25(20(2)14-19)18-37-28(17-26(31(32,33)34)29(35-3)30(37)38)23-7-5-6-21(15-23)22-10-11-27-24(16-22)12-13-36(27)4/h5-17H,18H2,1-2,4H3. The summed E-state index contributed by atoms with van der Waals surface area (Å²) >= 11 is 0. The van der Waals surface area contributed by atoms with Crippen molar-refractivity contribution in [3.05, 3.63) is 123 Å². The molecule has 0 spiro atoms. The summed E-state index contributed by atoms with van der Waals surface area (Å²) in [5.41, 5.74) is 2.99. The number of halogens is 3. The third-order valence-electron chi connectivity index (χ3n) is 6.90. The minimum absolute atomic E-state index is 0.0428. The molecule has 0 aliphatic carbocycles. The highest BCUT2D eigenvalue weighted by molar-refractivity contribution is 5.86. The Morgan fingerprint density at radius 3 is 2.34 bits per heavy atom. The topological polar surface area (TPSA) is 31.3 Å². The van der Waals surface area contributed by atoms with E-state index < -0.39 is 23.0 Å². The lowest BCUT2D eigenvalue weighted by molar-refractivity contribution is -0.136. The number of pyridine rings is 1. The van der Waals surface area contributed by atoms with E-state index in [1.165, 1.54) is 4.57 Å². The van der Waals surface area contributed by atoms with Crippen LogP contribution >= 0.6 is 0 Å². The summed E-state index contributed by atoms with van der Waals surface area (Å²) in [6.07, 6.45) is -2.88. The minimum atomic E-state index is -4.84. The van der Waals surface area contributed by atoms with E-state index in [1.54, 1.807) is 18.2 Å². The minimum Gasteiger partial charge on any atom is -0.351 e. The van der Waals surface area contributed by atoms with Crippen molar-refractivity contribution < 1.29 is 13.2 Å². The fraction of sp³-hybridized carbons (Fsp3) is 0.161. The number of rotatable bonds is 4. The van der Waals surface area contributed by atoms with Gasteiger partial charge in [0.15, 0.2) is 0 Å². The average molecular weight is 512 g/mol. The summed E-state index contributed by atoms with van der Waals surface area (Å²) in [5.74, 6) is 0. The van der Waals surface area contributed by atoms with Crippen molar-refractivity contribution in [1.82, 2.24) is 9.13 Å². The highest BCUT2D eigenvalue weighted by Gasteiger charge is 2.36. The zero-order valence-corrected chi connectivity index (χ0v) is 21.1. The number of aromatic nitrogens is 2. The van der Waals surface area contributed by atoms with Crippen LogP contribution in [0.3, 0.4) is 0 Å². The van der Waals surface area contributed by atoms with E-state index in [4.69, 9.17) is 6.57 Å². The summed E-state index contributed by atoms with van der Waals surface area (Å²) in [6.45, 7) is 11.2. The number of fused-ring (bicyclic) bond motifs is 1. The van der Waals surface area contributed by atoms with Gasteiger partial charge >= 0.3 is 6.18 Å². The molecule has 0 amide bonds. The first-order valence-electron chi connectivity index (χ1n) is 12.0. The Bertz CT molecular complexity index is 1800. The molecule has 38 heavy (non-hydrogen) atoms. The van der Waals surface area contributed by atoms with Gasteiger partial charge in [0.2, 0.25) is 0 Å². The van der Waals surface area contributed by atoms with Crippen molar-refractivity contribution >= 4 is 16.6 Å². The predicted octanol–water partition coefficient (Wildman–Crippen LogP) is 7.91. The summed E-state index contributed by atoms with van der Waals surface area (Å²) < 4.78 is 45.2. The quantitative estimate of drug-likeness (QED) is 0.226. The number of benzene rings is 3. The van der Waals surface area contributed by atoms with Gasteiger partial charge in [-0.25, -0.2) is 4.85 Å². The van der Waals surface area contributed by atoms with Gasteiger partial charge in [-0.1, -0.05) is 48.0 Å². The molecule has 190 valence electrons. The molecule has 3 aromatic carbocycles. The molecule has 0 N–H and O–H groups in total. The SMILES string of the molecule is [C-]#[N+]c1c(C(F)(F)F)cc(-c2cccc(-c3ccc4c(ccn4C)c3)c2)n(Cc2ccc(C)cc2C)c1=O. The molecule has 5 aromatic rings. The normalized spacial score (nSPS) is 11.6. The van der Waals surface area contributed by atoms with E-state index in [1.807, 2.05) is 80.2 Å². The number of alkyl halides is 3. The third kappa shape index (κ3) is 4.50. The first kappa shape index (κ1) is 25.1. The second-order valence-corrected chi connectivity index (χ2v) is 9.50. The molecule has 0 saturated carbocycles. The molecule has 0 radical (unpaired) electrons. The van der Waals surface area contributed by atoms with Crippen molar-refractivity contribution in [2.75, 3.05) is 0 Å². The van der Waals surface area contributed by atoms with Crippen LogP contribution in [0.1, 0.15) is 22.3 Å². The van der Waals surface area contributed by atoms with Gasteiger partial charge in [-0.2, -0.15) is 13.2 Å². The predicted molar refractivity (Wildman–Crippen MR) is 144 cm³/mol. The van der Waals surface area contributed by atoms with Gasteiger partial charge in [0, 0.05) is 29.8 Å². The van der Waals surface area contributed by atoms with Crippen LogP contribution in [0.15, 0.2) is 83.8 Å². The third-order valence-corrected chi connectivity index (χ3v) is 6.90. The van der Waals surface area contributed by atoms with Gasteiger partial charge in [0.05, 0.1) is 18.7 Å². The largest absolute Gasteiger partial charge is 0.407 e. The molecular formula is C31H24F3N3O. The van der Waals surface area contributed by atoms with Crippen molar-refractivity contribution in [2.45, 2.75) is 26.6 Å². The van der Waals surface area contributed by atoms with E-state index in [0.29, 0.717) is 5.56 Å². The van der Waals surface area contributed by atoms with Crippen molar-refractivity contribution in [2.24, 2.45) is 7.05 Å². The molecule has 0 aliphatic rings. The van der Waals surface area contributed by atoms with Crippen molar-refractivity contribution in [3.8, 4) is 22.4 Å². The van der Waals surface area contributed by atoms with E-state index in [0.717, 1.165) is 44.8 Å². The molecule has 0 unspecified atom stereocenters. The van der Waals surface area contributed by atoms with Crippen LogP contribution in [0, 0.1) is 20.4 Å². The molecule has 0 atom stereocenters. The maximum atomic E-state index is 14.0. The maximum Gasteiger partial charge on any atom is 0.407 e. The van der Waals surface area contributed by atoms with Crippen LogP contribution in [-0.4, -0.2) is 9.13 Å². The van der Waals surface area contributed by atoms with Gasteiger partial charge in [0.1, 0.15) is 0 Å². The van der Waals surface area contributed by atoms with E-state index >= 15 is 0 Å². The molecule has 0 saturated heterocycles. The fourth-order valence-electron chi connectivity index (χ4n) is 4.87. The van der Waals surface area contributed by atoms with Crippen LogP contribution in [0.5, 0.6) is 0 Å². The van der Waals surface area contributed by atoms with Crippen LogP contribution in [0.4, 0.5) is 18.9 Å². The number of nitrogens with zero attached hydrogens (tertiary/aromatic N) is 3. The fourth-order valence-corrected chi connectivity index (χ4v) is 4.87. The number of aryl methyl sites for hydroxylation is 3. The molecule has 0 bridgehead atoms. The maximum absolute atomic E-state index is 14.0. The lowest BCUT2D eigenvalue weighted by atomic mass is 9.99. The Hall–Kier alpha value is -4.57. The zero-order valence-electron chi connectivity index (χ0n) is 21.1. The van der Waals surface area contributed by atoms with E-state index in [2.05, 4.69) is 4.85 Å². The van der Waals surface area contributed by atoms with Gasteiger partial charge in [0.25, 0.3) is 11.2 Å². The lowest BCUT2D eigenvalue weighted by Crippen LogP contribution is -2.25. The zero-order chi connectivity index (χ0) is 27.2. The number of hydrogen-bond donors (Lipinski definition) is 0. The molecule has 2 aromatic heterocycles. The summed E-state index contributed by atoms with van der Waals surface area (Å²) in [5, 5.41) is 1.04.